The lowest BCUT2D eigenvalue weighted by molar-refractivity contribution is 0.0952. The highest BCUT2D eigenvalue weighted by atomic mass is 35.5. The van der Waals surface area contributed by atoms with Crippen molar-refractivity contribution in [3.05, 3.63) is 36.3 Å². The summed E-state index contributed by atoms with van der Waals surface area (Å²) in [7, 11) is 0. The Morgan fingerprint density at radius 1 is 1.04 bits per heavy atom. The van der Waals surface area contributed by atoms with Gasteiger partial charge in [-0.2, -0.15) is 0 Å². The molecule has 0 radical (unpaired) electrons. The number of carbonyl (C=O) groups is 1. The van der Waals surface area contributed by atoms with E-state index in [4.69, 9.17) is 0 Å². The first-order valence-electron chi connectivity index (χ1n) is 9.98. The number of carbonyl (C=O) groups excluding carboxylic acids is 1. The van der Waals surface area contributed by atoms with Gasteiger partial charge in [0.1, 0.15) is 5.65 Å². The molecule has 0 bridgehead atoms. The third-order valence-corrected chi connectivity index (χ3v) is 5.06. The summed E-state index contributed by atoms with van der Waals surface area (Å²) in [6.45, 7) is 3.79. The quantitative estimate of drug-likeness (QED) is 0.507. The van der Waals surface area contributed by atoms with Crippen molar-refractivity contribution in [2.24, 2.45) is 0 Å². The predicted molar refractivity (Wildman–Crippen MR) is 119 cm³/mol. The van der Waals surface area contributed by atoms with Crippen molar-refractivity contribution in [3.63, 3.8) is 0 Å². The van der Waals surface area contributed by atoms with Crippen LogP contribution in [0.5, 0.6) is 0 Å². The van der Waals surface area contributed by atoms with Crippen LogP contribution in [-0.2, 0) is 0 Å². The van der Waals surface area contributed by atoms with E-state index in [-0.39, 0.29) is 30.7 Å². The zero-order valence-corrected chi connectivity index (χ0v) is 18.0. The summed E-state index contributed by atoms with van der Waals surface area (Å²) in [5.74, 6) is -0.0229. The zero-order valence-electron chi connectivity index (χ0n) is 16.4. The molecule has 1 amide bonds. The van der Waals surface area contributed by atoms with E-state index in [1.807, 2.05) is 28.9 Å². The van der Waals surface area contributed by atoms with Crippen LogP contribution in [0, 0.1) is 0 Å². The lowest BCUT2D eigenvalue weighted by Gasteiger charge is -2.22. The zero-order chi connectivity index (χ0) is 18.0. The fourth-order valence-electron chi connectivity index (χ4n) is 3.53. The second-order valence-electron chi connectivity index (χ2n) is 7.11. The first kappa shape index (κ1) is 24.7. The topological polar surface area (TPSA) is 70.5 Å². The second-order valence-corrected chi connectivity index (χ2v) is 7.11. The number of fused-ring (bicyclic) bond motifs is 1. The SMILES string of the molecule is Cl.Cl.O=C(NCCCCNCCNC1CCCCC1)c1ccc2nccn2c1. The Bertz CT molecular complexity index is 688. The van der Waals surface area contributed by atoms with E-state index in [1.165, 1.54) is 32.1 Å². The van der Waals surface area contributed by atoms with Crippen LogP contribution < -0.4 is 16.0 Å². The molecule has 1 aliphatic rings. The normalized spacial score (nSPS) is 14.3. The fourth-order valence-corrected chi connectivity index (χ4v) is 3.53. The van der Waals surface area contributed by atoms with Crippen LogP contribution in [0.15, 0.2) is 30.7 Å². The molecule has 158 valence electrons. The average Bonchev–Trinajstić information content (AvgIpc) is 3.15. The first-order chi connectivity index (χ1) is 12.8. The Kier molecular flexibility index (Phi) is 12.1. The van der Waals surface area contributed by atoms with Crippen LogP contribution in [-0.4, -0.2) is 47.5 Å². The van der Waals surface area contributed by atoms with E-state index in [9.17, 15) is 4.79 Å². The number of hydrogen-bond acceptors (Lipinski definition) is 4. The predicted octanol–water partition coefficient (Wildman–Crippen LogP) is 3.20. The molecule has 0 atom stereocenters. The van der Waals surface area contributed by atoms with E-state index in [0.29, 0.717) is 12.1 Å². The smallest absolute Gasteiger partial charge is 0.252 e. The van der Waals surface area contributed by atoms with E-state index in [1.54, 1.807) is 6.20 Å². The molecule has 0 aromatic carbocycles. The number of imidazole rings is 1. The third kappa shape index (κ3) is 7.95. The molecule has 3 N–H and O–H groups in total. The van der Waals surface area contributed by atoms with Gasteiger partial charge in [0.05, 0.1) is 5.56 Å². The maximum absolute atomic E-state index is 12.2. The number of hydrogen-bond donors (Lipinski definition) is 3. The molecular weight excluding hydrogens is 397 g/mol. The minimum atomic E-state index is -0.0229. The standard InChI is InChI=1S/C20H31N5O.2ClH/c26-20(17-8-9-19-23-14-15-25(19)16-17)24-11-5-4-10-21-12-13-22-18-6-2-1-3-7-18;;/h8-9,14-16,18,21-22H,1-7,10-13H2,(H,24,26);2*1H. The van der Waals surface area contributed by atoms with Gasteiger partial charge in [-0.3, -0.25) is 4.79 Å². The molecule has 2 aromatic rings. The average molecular weight is 430 g/mol. The van der Waals surface area contributed by atoms with Crippen LogP contribution in [0.3, 0.4) is 0 Å². The van der Waals surface area contributed by atoms with Crippen LogP contribution >= 0.6 is 24.8 Å². The molecule has 1 aliphatic carbocycles. The molecule has 0 spiro atoms. The van der Waals surface area contributed by atoms with E-state index >= 15 is 0 Å². The highest BCUT2D eigenvalue weighted by Crippen LogP contribution is 2.16. The van der Waals surface area contributed by atoms with E-state index in [2.05, 4.69) is 20.9 Å². The van der Waals surface area contributed by atoms with E-state index in [0.717, 1.165) is 44.2 Å². The Morgan fingerprint density at radius 2 is 1.82 bits per heavy atom. The molecule has 1 saturated carbocycles. The number of unbranched alkanes of at least 4 members (excludes halogenated alkanes) is 1. The molecule has 2 heterocycles. The molecule has 1 fully saturated rings. The van der Waals surface area contributed by atoms with Gasteiger partial charge in [0.25, 0.3) is 5.91 Å². The molecule has 0 unspecified atom stereocenters. The minimum Gasteiger partial charge on any atom is -0.352 e. The third-order valence-electron chi connectivity index (χ3n) is 5.06. The van der Waals surface area contributed by atoms with Gasteiger partial charge in [-0.05, 0) is 44.4 Å². The van der Waals surface area contributed by atoms with E-state index < -0.39 is 0 Å². The maximum Gasteiger partial charge on any atom is 0.252 e. The number of nitrogens with one attached hydrogen (secondary N) is 3. The molecule has 3 rings (SSSR count). The Hall–Kier alpha value is -1.34. The number of aromatic nitrogens is 2. The molecule has 0 aliphatic heterocycles. The Balaban J connectivity index is 0.00000196. The van der Waals surface area contributed by atoms with Crippen LogP contribution in [0.1, 0.15) is 55.3 Å². The number of nitrogens with zero attached hydrogens (tertiary/aromatic N) is 2. The van der Waals surface area contributed by atoms with Crippen LogP contribution in [0.4, 0.5) is 0 Å². The molecule has 6 nitrogen and oxygen atoms in total. The monoisotopic (exact) mass is 429 g/mol. The van der Waals surface area contributed by atoms with Crippen molar-refractivity contribution >= 4 is 36.4 Å². The van der Waals surface area contributed by atoms with Gasteiger partial charge in [0, 0.05) is 44.3 Å². The minimum absolute atomic E-state index is 0. The lowest BCUT2D eigenvalue weighted by Crippen LogP contribution is -2.36. The van der Waals surface area contributed by atoms with Crippen molar-refractivity contribution in [3.8, 4) is 0 Å². The van der Waals surface area contributed by atoms with Crippen LogP contribution in [0.2, 0.25) is 0 Å². The van der Waals surface area contributed by atoms with Gasteiger partial charge in [0.2, 0.25) is 0 Å². The van der Waals surface area contributed by atoms with Crippen molar-refractivity contribution in [1.82, 2.24) is 25.3 Å². The molecule has 0 saturated heterocycles. The largest absolute Gasteiger partial charge is 0.352 e. The number of pyridine rings is 1. The van der Waals surface area contributed by atoms with Gasteiger partial charge in [-0.15, -0.1) is 24.8 Å². The summed E-state index contributed by atoms with van der Waals surface area (Å²) >= 11 is 0. The number of amides is 1. The number of rotatable bonds is 10. The van der Waals surface area contributed by atoms with Crippen molar-refractivity contribution in [2.75, 3.05) is 26.2 Å². The first-order valence-corrected chi connectivity index (χ1v) is 9.98. The Labute approximate surface area is 180 Å². The summed E-state index contributed by atoms with van der Waals surface area (Å²) < 4.78 is 1.86. The molecule has 2 aromatic heterocycles. The fraction of sp³-hybridized carbons (Fsp3) is 0.600. The van der Waals surface area contributed by atoms with Crippen LogP contribution in [0.25, 0.3) is 5.65 Å². The lowest BCUT2D eigenvalue weighted by atomic mass is 9.95. The van der Waals surface area contributed by atoms with Gasteiger partial charge in [0.15, 0.2) is 0 Å². The molecular formula is C20H33Cl2N5O. The Morgan fingerprint density at radius 3 is 2.64 bits per heavy atom. The van der Waals surface area contributed by atoms with Gasteiger partial charge < -0.3 is 20.4 Å². The molecule has 8 heteroatoms. The van der Waals surface area contributed by atoms with Gasteiger partial charge >= 0.3 is 0 Å². The van der Waals surface area contributed by atoms with Crippen molar-refractivity contribution in [1.29, 1.82) is 0 Å². The summed E-state index contributed by atoms with van der Waals surface area (Å²) in [4.78, 5) is 16.3. The molecule has 28 heavy (non-hydrogen) atoms. The second kappa shape index (κ2) is 13.8. The summed E-state index contributed by atoms with van der Waals surface area (Å²) in [6.07, 6.45) is 14.3. The van der Waals surface area contributed by atoms with Gasteiger partial charge in [-0.1, -0.05) is 19.3 Å². The highest BCUT2D eigenvalue weighted by molar-refractivity contribution is 5.94. The van der Waals surface area contributed by atoms with Crippen molar-refractivity contribution < 1.29 is 4.79 Å². The van der Waals surface area contributed by atoms with Gasteiger partial charge in [-0.25, -0.2) is 4.98 Å². The summed E-state index contributed by atoms with van der Waals surface area (Å²) in [5.41, 5.74) is 1.52. The number of halogens is 2. The highest BCUT2D eigenvalue weighted by Gasteiger charge is 2.11. The maximum atomic E-state index is 12.2. The van der Waals surface area contributed by atoms with Crippen molar-refractivity contribution in [2.45, 2.75) is 51.0 Å². The summed E-state index contributed by atoms with van der Waals surface area (Å²) in [6, 6.07) is 4.42. The summed E-state index contributed by atoms with van der Waals surface area (Å²) in [5, 5.41) is 10.1.